The maximum absolute atomic E-state index is 10.8. The molecular weight excluding hydrogens is 218 g/mol. The molecule has 1 N–H and O–H groups in total. The van der Waals surface area contributed by atoms with Gasteiger partial charge in [0, 0.05) is 12.6 Å². The summed E-state index contributed by atoms with van der Waals surface area (Å²) in [6.45, 7) is 0.746. The number of anilines is 1. The molecule has 0 amide bonds. The zero-order chi connectivity index (χ0) is 12.3. The van der Waals surface area contributed by atoms with E-state index in [0.29, 0.717) is 17.2 Å². The number of nitriles is 1. The van der Waals surface area contributed by atoms with Crippen LogP contribution in [-0.2, 0) is 0 Å². The lowest BCUT2D eigenvalue weighted by atomic mass is 9.85. The first-order valence-corrected chi connectivity index (χ1v) is 5.63. The van der Waals surface area contributed by atoms with E-state index >= 15 is 0 Å². The molecule has 17 heavy (non-hydrogen) atoms. The van der Waals surface area contributed by atoms with Gasteiger partial charge in [0.25, 0.3) is 5.69 Å². The van der Waals surface area contributed by atoms with E-state index in [0.717, 1.165) is 6.54 Å². The molecule has 0 aliphatic heterocycles. The first-order valence-electron chi connectivity index (χ1n) is 5.63. The molecule has 88 valence electrons. The molecule has 0 atom stereocenters. The molecule has 1 aliphatic carbocycles. The Morgan fingerprint density at radius 3 is 2.82 bits per heavy atom. The van der Waals surface area contributed by atoms with Crippen molar-refractivity contribution in [3.8, 4) is 6.07 Å². The fraction of sp³-hybridized carbons (Fsp3) is 0.417. The molecule has 1 aromatic rings. The molecule has 0 heterocycles. The Labute approximate surface area is 99.2 Å². The third-order valence-electron chi connectivity index (χ3n) is 3.13. The van der Waals surface area contributed by atoms with E-state index in [1.165, 1.54) is 37.5 Å². The molecule has 0 unspecified atom stereocenters. The average Bonchev–Trinajstić information content (AvgIpc) is 2.26. The minimum Gasteiger partial charge on any atom is -0.379 e. The van der Waals surface area contributed by atoms with Crippen LogP contribution >= 0.6 is 0 Å². The SMILES string of the molecule is N#Cc1ccc([N+](=O)[O-])c(NCC2CCC2)c1. The van der Waals surface area contributed by atoms with Crippen LogP contribution in [0, 0.1) is 27.4 Å². The Balaban J connectivity index is 2.15. The zero-order valence-electron chi connectivity index (χ0n) is 9.35. The first-order chi connectivity index (χ1) is 8.20. The number of nitrogens with one attached hydrogen (secondary N) is 1. The number of nitro benzene ring substituents is 1. The highest BCUT2D eigenvalue weighted by Gasteiger charge is 2.19. The third-order valence-corrected chi connectivity index (χ3v) is 3.13. The van der Waals surface area contributed by atoms with Crippen molar-refractivity contribution in [1.82, 2.24) is 0 Å². The van der Waals surface area contributed by atoms with Crippen LogP contribution in [0.3, 0.4) is 0 Å². The minimum atomic E-state index is -0.426. The van der Waals surface area contributed by atoms with Crippen molar-refractivity contribution in [1.29, 1.82) is 5.26 Å². The molecule has 1 aliphatic rings. The molecule has 5 nitrogen and oxygen atoms in total. The fourth-order valence-corrected chi connectivity index (χ4v) is 1.86. The topological polar surface area (TPSA) is 79.0 Å². The van der Waals surface area contributed by atoms with Gasteiger partial charge in [-0.3, -0.25) is 10.1 Å². The maximum Gasteiger partial charge on any atom is 0.292 e. The van der Waals surface area contributed by atoms with E-state index < -0.39 is 4.92 Å². The van der Waals surface area contributed by atoms with Crippen molar-refractivity contribution in [2.24, 2.45) is 5.92 Å². The molecule has 1 saturated carbocycles. The normalized spacial score (nSPS) is 14.8. The van der Waals surface area contributed by atoms with Gasteiger partial charge >= 0.3 is 0 Å². The second-order valence-electron chi connectivity index (χ2n) is 4.28. The predicted octanol–water partition coefficient (Wildman–Crippen LogP) is 2.68. The lowest BCUT2D eigenvalue weighted by Gasteiger charge is -2.25. The van der Waals surface area contributed by atoms with Crippen LogP contribution in [0.2, 0.25) is 0 Å². The van der Waals surface area contributed by atoms with Crippen molar-refractivity contribution in [3.63, 3.8) is 0 Å². The highest BCUT2D eigenvalue weighted by molar-refractivity contribution is 5.64. The van der Waals surface area contributed by atoms with Gasteiger partial charge in [-0.1, -0.05) is 6.42 Å². The summed E-state index contributed by atoms with van der Waals surface area (Å²) in [5.74, 6) is 0.611. The summed E-state index contributed by atoms with van der Waals surface area (Å²) in [5, 5.41) is 22.7. The number of benzene rings is 1. The fourth-order valence-electron chi connectivity index (χ4n) is 1.86. The van der Waals surface area contributed by atoms with E-state index in [2.05, 4.69) is 5.32 Å². The van der Waals surface area contributed by atoms with Crippen LogP contribution < -0.4 is 5.32 Å². The van der Waals surface area contributed by atoms with Gasteiger partial charge in [0.15, 0.2) is 0 Å². The summed E-state index contributed by atoms with van der Waals surface area (Å²) in [6, 6.07) is 6.37. The molecule has 2 rings (SSSR count). The van der Waals surface area contributed by atoms with E-state index in [9.17, 15) is 10.1 Å². The van der Waals surface area contributed by atoms with Crippen LogP contribution in [-0.4, -0.2) is 11.5 Å². The molecule has 0 radical (unpaired) electrons. The summed E-state index contributed by atoms with van der Waals surface area (Å²) in [5.41, 5.74) is 0.913. The van der Waals surface area contributed by atoms with Gasteiger partial charge in [-0.25, -0.2) is 0 Å². The standard InChI is InChI=1S/C12H13N3O2/c13-7-10-4-5-12(15(16)17)11(6-10)14-8-9-2-1-3-9/h4-6,9,14H,1-3,8H2. The highest BCUT2D eigenvalue weighted by atomic mass is 16.6. The van der Waals surface area contributed by atoms with Crippen LogP contribution in [0.5, 0.6) is 0 Å². The number of hydrogen-bond donors (Lipinski definition) is 1. The monoisotopic (exact) mass is 231 g/mol. The van der Waals surface area contributed by atoms with Gasteiger partial charge in [-0.2, -0.15) is 5.26 Å². The van der Waals surface area contributed by atoms with E-state index in [1.807, 2.05) is 6.07 Å². The van der Waals surface area contributed by atoms with Gasteiger partial charge in [0.1, 0.15) is 5.69 Å². The van der Waals surface area contributed by atoms with E-state index in [-0.39, 0.29) is 5.69 Å². The summed E-state index contributed by atoms with van der Waals surface area (Å²) in [6.07, 6.45) is 3.60. The van der Waals surface area contributed by atoms with Crippen molar-refractivity contribution in [3.05, 3.63) is 33.9 Å². The lowest BCUT2D eigenvalue weighted by Crippen LogP contribution is -2.21. The predicted molar refractivity (Wildman–Crippen MR) is 63.6 cm³/mol. The van der Waals surface area contributed by atoms with Gasteiger partial charge in [0.2, 0.25) is 0 Å². The Morgan fingerprint density at radius 1 is 1.53 bits per heavy atom. The Kier molecular flexibility index (Phi) is 3.24. The molecule has 1 aromatic carbocycles. The van der Waals surface area contributed by atoms with Crippen molar-refractivity contribution >= 4 is 11.4 Å². The van der Waals surface area contributed by atoms with E-state index in [1.54, 1.807) is 0 Å². The third kappa shape index (κ3) is 2.53. The number of hydrogen-bond acceptors (Lipinski definition) is 4. The molecule has 1 fully saturated rings. The summed E-state index contributed by atoms with van der Waals surface area (Å²) >= 11 is 0. The van der Waals surface area contributed by atoms with Gasteiger partial charge < -0.3 is 5.32 Å². The summed E-state index contributed by atoms with van der Waals surface area (Å²) in [7, 11) is 0. The number of nitrogens with zero attached hydrogens (tertiary/aromatic N) is 2. The highest BCUT2D eigenvalue weighted by Crippen LogP contribution is 2.29. The van der Waals surface area contributed by atoms with Crippen molar-refractivity contribution in [2.45, 2.75) is 19.3 Å². The second kappa shape index (κ2) is 4.83. The molecule has 0 saturated heterocycles. The molecular formula is C12H13N3O2. The van der Waals surface area contributed by atoms with Crippen LogP contribution in [0.4, 0.5) is 11.4 Å². The van der Waals surface area contributed by atoms with Gasteiger partial charge in [0.05, 0.1) is 16.6 Å². The van der Waals surface area contributed by atoms with Crippen molar-refractivity contribution < 1.29 is 4.92 Å². The quantitative estimate of drug-likeness (QED) is 0.638. The first kappa shape index (κ1) is 11.4. The Morgan fingerprint density at radius 2 is 2.29 bits per heavy atom. The number of nitro groups is 1. The minimum absolute atomic E-state index is 0.0309. The smallest absolute Gasteiger partial charge is 0.292 e. The summed E-state index contributed by atoms with van der Waals surface area (Å²) < 4.78 is 0. The Bertz CT molecular complexity index is 475. The van der Waals surface area contributed by atoms with Crippen LogP contribution in [0.25, 0.3) is 0 Å². The zero-order valence-corrected chi connectivity index (χ0v) is 9.35. The van der Waals surface area contributed by atoms with Crippen LogP contribution in [0.15, 0.2) is 18.2 Å². The second-order valence-corrected chi connectivity index (χ2v) is 4.28. The Hall–Kier alpha value is -2.09. The van der Waals surface area contributed by atoms with Gasteiger partial charge in [-0.15, -0.1) is 0 Å². The lowest BCUT2D eigenvalue weighted by molar-refractivity contribution is -0.384. The molecule has 0 aromatic heterocycles. The number of rotatable bonds is 4. The van der Waals surface area contributed by atoms with Crippen molar-refractivity contribution in [2.75, 3.05) is 11.9 Å². The van der Waals surface area contributed by atoms with E-state index in [4.69, 9.17) is 5.26 Å². The summed E-state index contributed by atoms with van der Waals surface area (Å²) in [4.78, 5) is 10.4. The largest absolute Gasteiger partial charge is 0.379 e. The molecule has 0 spiro atoms. The average molecular weight is 231 g/mol. The van der Waals surface area contributed by atoms with Gasteiger partial charge in [-0.05, 0) is 30.9 Å². The molecule has 5 heteroatoms. The maximum atomic E-state index is 10.8. The van der Waals surface area contributed by atoms with Crippen LogP contribution in [0.1, 0.15) is 24.8 Å². The molecule has 0 bridgehead atoms.